The van der Waals surface area contributed by atoms with Crippen molar-refractivity contribution in [2.75, 3.05) is 0 Å². The second-order valence-electron chi connectivity index (χ2n) is 2.54. The average molecular weight is 210 g/mol. The SMILES string of the molecule is Cc1c(C(F)F)cc(F)nc1CCl. The van der Waals surface area contributed by atoms with Gasteiger partial charge in [-0.1, -0.05) is 0 Å². The molecule has 5 heteroatoms. The summed E-state index contributed by atoms with van der Waals surface area (Å²) in [5.41, 5.74) is 0.0755. The molecule has 0 bridgehead atoms. The van der Waals surface area contributed by atoms with E-state index >= 15 is 0 Å². The van der Waals surface area contributed by atoms with Gasteiger partial charge in [0.05, 0.1) is 11.6 Å². The van der Waals surface area contributed by atoms with E-state index in [9.17, 15) is 13.2 Å². The number of rotatable bonds is 2. The van der Waals surface area contributed by atoms with E-state index in [1.165, 1.54) is 6.92 Å². The van der Waals surface area contributed by atoms with Gasteiger partial charge in [-0.15, -0.1) is 11.6 Å². The first-order valence-corrected chi connectivity index (χ1v) is 4.09. The third-order valence-corrected chi connectivity index (χ3v) is 2.00. The summed E-state index contributed by atoms with van der Waals surface area (Å²) in [4.78, 5) is 3.40. The molecule has 0 spiro atoms. The number of halogens is 4. The predicted octanol–water partition coefficient (Wildman–Crippen LogP) is 3.21. The lowest BCUT2D eigenvalue weighted by atomic mass is 10.1. The van der Waals surface area contributed by atoms with E-state index in [1.54, 1.807) is 0 Å². The Morgan fingerprint density at radius 2 is 2.15 bits per heavy atom. The Hall–Kier alpha value is -0.770. The molecule has 0 saturated heterocycles. The molecule has 1 heterocycles. The summed E-state index contributed by atoms with van der Waals surface area (Å²) < 4.78 is 37.2. The topological polar surface area (TPSA) is 12.9 Å². The molecule has 0 radical (unpaired) electrons. The smallest absolute Gasteiger partial charge is 0.223 e. The Morgan fingerprint density at radius 3 is 2.62 bits per heavy atom. The summed E-state index contributed by atoms with van der Waals surface area (Å²) in [5.74, 6) is -0.986. The molecule has 1 rings (SSSR count). The van der Waals surface area contributed by atoms with Crippen LogP contribution in [0.4, 0.5) is 13.2 Å². The predicted molar refractivity (Wildman–Crippen MR) is 43.4 cm³/mol. The summed E-state index contributed by atoms with van der Waals surface area (Å²) in [6.45, 7) is 1.45. The molecule has 0 atom stereocenters. The van der Waals surface area contributed by atoms with Gasteiger partial charge in [-0.25, -0.2) is 13.8 Å². The van der Waals surface area contributed by atoms with Crippen LogP contribution in [0.25, 0.3) is 0 Å². The highest BCUT2D eigenvalue weighted by Gasteiger charge is 2.15. The first-order valence-electron chi connectivity index (χ1n) is 3.56. The van der Waals surface area contributed by atoms with Gasteiger partial charge in [0.2, 0.25) is 5.95 Å². The van der Waals surface area contributed by atoms with Gasteiger partial charge in [0.1, 0.15) is 0 Å². The van der Waals surface area contributed by atoms with Crippen LogP contribution in [0.5, 0.6) is 0 Å². The van der Waals surface area contributed by atoms with Gasteiger partial charge in [0.15, 0.2) is 0 Å². The molecule has 0 aliphatic heterocycles. The van der Waals surface area contributed by atoms with Crippen molar-refractivity contribution in [1.82, 2.24) is 4.98 Å². The number of alkyl halides is 3. The van der Waals surface area contributed by atoms with Crippen LogP contribution >= 0.6 is 11.6 Å². The number of pyridine rings is 1. The fraction of sp³-hybridized carbons (Fsp3) is 0.375. The van der Waals surface area contributed by atoms with Crippen LogP contribution in [0.15, 0.2) is 6.07 Å². The van der Waals surface area contributed by atoms with Gasteiger partial charge in [0.25, 0.3) is 6.43 Å². The Balaban J connectivity index is 3.27. The summed E-state index contributed by atoms with van der Waals surface area (Å²) in [7, 11) is 0. The second kappa shape index (κ2) is 3.96. The lowest BCUT2D eigenvalue weighted by molar-refractivity contribution is 0.149. The molecule has 0 aliphatic rings. The normalized spacial score (nSPS) is 10.9. The molecule has 0 saturated carbocycles. The van der Waals surface area contributed by atoms with E-state index in [-0.39, 0.29) is 22.7 Å². The van der Waals surface area contributed by atoms with Crippen LogP contribution in [-0.4, -0.2) is 4.98 Å². The molecule has 13 heavy (non-hydrogen) atoms. The van der Waals surface area contributed by atoms with E-state index in [2.05, 4.69) is 4.98 Å². The van der Waals surface area contributed by atoms with Crippen molar-refractivity contribution in [3.05, 3.63) is 28.8 Å². The maximum absolute atomic E-state index is 12.7. The van der Waals surface area contributed by atoms with Crippen LogP contribution in [0.1, 0.15) is 23.2 Å². The Morgan fingerprint density at radius 1 is 1.54 bits per heavy atom. The summed E-state index contributed by atoms with van der Waals surface area (Å²) in [6.07, 6.45) is -2.69. The molecule has 72 valence electrons. The van der Waals surface area contributed by atoms with Gasteiger partial charge in [-0.05, 0) is 12.5 Å². The monoisotopic (exact) mass is 209 g/mol. The molecule has 1 aromatic heterocycles. The van der Waals surface area contributed by atoms with Gasteiger partial charge in [-0.2, -0.15) is 4.39 Å². The number of aromatic nitrogens is 1. The minimum Gasteiger partial charge on any atom is -0.223 e. The van der Waals surface area contributed by atoms with Crippen molar-refractivity contribution in [1.29, 1.82) is 0 Å². The fourth-order valence-corrected chi connectivity index (χ4v) is 1.27. The van der Waals surface area contributed by atoms with Crippen molar-refractivity contribution < 1.29 is 13.2 Å². The molecule has 0 aliphatic carbocycles. The Kier molecular flexibility index (Phi) is 3.14. The van der Waals surface area contributed by atoms with E-state index in [0.717, 1.165) is 6.07 Å². The van der Waals surface area contributed by atoms with Crippen molar-refractivity contribution >= 4 is 11.6 Å². The maximum Gasteiger partial charge on any atom is 0.264 e. The summed E-state index contributed by atoms with van der Waals surface area (Å²) >= 11 is 5.41. The molecule has 0 unspecified atom stereocenters. The molecule has 0 aromatic carbocycles. The quantitative estimate of drug-likeness (QED) is 0.538. The highest BCUT2D eigenvalue weighted by atomic mass is 35.5. The van der Waals surface area contributed by atoms with E-state index in [1.807, 2.05) is 0 Å². The number of hydrogen-bond acceptors (Lipinski definition) is 1. The van der Waals surface area contributed by atoms with Gasteiger partial charge >= 0.3 is 0 Å². The number of nitrogens with zero attached hydrogens (tertiary/aromatic N) is 1. The summed E-state index contributed by atoms with van der Waals surface area (Å²) in [6, 6.07) is 0.732. The zero-order valence-electron chi connectivity index (χ0n) is 6.82. The van der Waals surface area contributed by atoms with E-state index < -0.39 is 12.4 Å². The maximum atomic E-state index is 12.7. The van der Waals surface area contributed by atoms with Crippen molar-refractivity contribution in [3.8, 4) is 0 Å². The molecule has 1 nitrogen and oxygen atoms in total. The third-order valence-electron chi connectivity index (χ3n) is 1.74. The van der Waals surface area contributed by atoms with Crippen LogP contribution in [0.3, 0.4) is 0 Å². The Bertz CT molecular complexity index is 315. The van der Waals surface area contributed by atoms with Gasteiger partial charge in [-0.3, -0.25) is 0 Å². The molecular formula is C8H7ClF3N. The standard InChI is InChI=1S/C8H7ClF3N/c1-4-5(8(11)12)2-7(10)13-6(4)3-9/h2,8H,3H2,1H3. The second-order valence-corrected chi connectivity index (χ2v) is 2.81. The van der Waals surface area contributed by atoms with Gasteiger partial charge in [0, 0.05) is 11.6 Å². The fourth-order valence-electron chi connectivity index (χ4n) is 1.00. The van der Waals surface area contributed by atoms with E-state index in [0.29, 0.717) is 0 Å². The van der Waals surface area contributed by atoms with Crippen LogP contribution in [0.2, 0.25) is 0 Å². The van der Waals surface area contributed by atoms with Crippen LogP contribution < -0.4 is 0 Å². The Labute approximate surface area is 78.5 Å². The lowest BCUT2D eigenvalue weighted by Crippen LogP contribution is -2.00. The highest BCUT2D eigenvalue weighted by molar-refractivity contribution is 6.17. The zero-order chi connectivity index (χ0) is 10.0. The minimum atomic E-state index is -2.69. The molecule has 0 amide bonds. The lowest BCUT2D eigenvalue weighted by Gasteiger charge is -2.07. The molecule has 0 fully saturated rings. The van der Waals surface area contributed by atoms with Crippen LogP contribution in [-0.2, 0) is 5.88 Å². The third kappa shape index (κ3) is 2.12. The molecule has 1 aromatic rings. The summed E-state index contributed by atoms with van der Waals surface area (Å²) in [5, 5.41) is 0. The van der Waals surface area contributed by atoms with Gasteiger partial charge < -0.3 is 0 Å². The molecular weight excluding hydrogens is 203 g/mol. The average Bonchev–Trinajstić information content (AvgIpc) is 2.08. The van der Waals surface area contributed by atoms with Crippen molar-refractivity contribution in [2.45, 2.75) is 19.2 Å². The largest absolute Gasteiger partial charge is 0.264 e. The number of hydrogen-bond donors (Lipinski definition) is 0. The van der Waals surface area contributed by atoms with E-state index in [4.69, 9.17) is 11.6 Å². The highest BCUT2D eigenvalue weighted by Crippen LogP contribution is 2.25. The van der Waals surface area contributed by atoms with Crippen molar-refractivity contribution in [2.24, 2.45) is 0 Å². The zero-order valence-corrected chi connectivity index (χ0v) is 7.58. The molecule has 0 N–H and O–H groups in total. The minimum absolute atomic E-state index is 0.0662. The first-order chi connectivity index (χ1) is 6.06. The van der Waals surface area contributed by atoms with Crippen molar-refractivity contribution in [3.63, 3.8) is 0 Å². The van der Waals surface area contributed by atoms with Crippen LogP contribution in [0, 0.1) is 12.9 Å². The first kappa shape index (κ1) is 10.3.